The summed E-state index contributed by atoms with van der Waals surface area (Å²) in [5.74, 6) is 3.66. The molecule has 5 aromatic rings. The Labute approximate surface area is 256 Å². The highest BCUT2D eigenvalue weighted by atomic mass is 16.5. The van der Waals surface area contributed by atoms with Crippen molar-refractivity contribution in [2.75, 3.05) is 34.9 Å². The number of ether oxygens (including phenoxy) is 5. The number of phenols is 1. The van der Waals surface area contributed by atoms with Crippen LogP contribution < -0.4 is 23.7 Å². The molecule has 4 aromatic carbocycles. The second-order valence-electron chi connectivity index (χ2n) is 11.3. The summed E-state index contributed by atoms with van der Waals surface area (Å²) in [4.78, 5) is 7.10. The van der Waals surface area contributed by atoms with Crippen LogP contribution in [0.3, 0.4) is 0 Å². The summed E-state index contributed by atoms with van der Waals surface area (Å²) in [6, 6.07) is 21.9. The lowest BCUT2D eigenvalue weighted by Gasteiger charge is -2.35. The van der Waals surface area contributed by atoms with E-state index in [1.807, 2.05) is 42.5 Å². The molecule has 224 valence electrons. The molecule has 8 nitrogen and oxygen atoms in total. The number of methoxy groups -OCH3 is 3. The van der Waals surface area contributed by atoms with Gasteiger partial charge in [-0.25, -0.2) is 0 Å². The number of likely N-dealkylation sites (N-methyl/N-ethyl adjacent to an activating group) is 1. The first-order valence-electron chi connectivity index (χ1n) is 14.7. The van der Waals surface area contributed by atoms with Gasteiger partial charge >= 0.3 is 0 Å². The van der Waals surface area contributed by atoms with E-state index in [-0.39, 0.29) is 17.5 Å². The van der Waals surface area contributed by atoms with Gasteiger partial charge in [-0.2, -0.15) is 0 Å². The van der Waals surface area contributed by atoms with E-state index in [4.69, 9.17) is 28.7 Å². The van der Waals surface area contributed by atoms with Gasteiger partial charge in [-0.15, -0.1) is 0 Å². The third-order valence-corrected chi connectivity index (χ3v) is 8.69. The molecule has 3 aliphatic heterocycles. The normalized spacial score (nSPS) is 16.0. The van der Waals surface area contributed by atoms with Crippen LogP contribution in [0.25, 0.3) is 10.8 Å². The van der Waals surface area contributed by atoms with Crippen LogP contribution in [0.5, 0.6) is 46.0 Å². The largest absolute Gasteiger partial charge is 0.502 e. The van der Waals surface area contributed by atoms with Crippen molar-refractivity contribution in [1.29, 1.82) is 0 Å². The van der Waals surface area contributed by atoms with Crippen molar-refractivity contribution in [3.05, 3.63) is 101 Å². The van der Waals surface area contributed by atoms with Gasteiger partial charge in [0.05, 0.1) is 32.4 Å². The van der Waals surface area contributed by atoms with Gasteiger partial charge in [0, 0.05) is 25.2 Å². The lowest BCUT2D eigenvalue weighted by molar-refractivity contribution is 0.228. The lowest BCUT2D eigenvalue weighted by Crippen LogP contribution is -2.33. The fourth-order valence-corrected chi connectivity index (χ4v) is 6.33. The summed E-state index contributed by atoms with van der Waals surface area (Å²) in [7, 11) is 6.97. The maximum absolute atomic E-state index is 11.5. The van der Waals surface area contributed by atoms with Gasteiger partial charge in [0.25, 0.3) is 0 Å². The number of aromatic hydroxyl groups is 1. The zero-order valence-corrected chi connectivity index (χ0v) is 25.2. The van der Waals surface area contributed by atoms with Crippen LogP contribution >= 0.6 is 0 Å². The second-order valence-corrected chi connectivity index (χ2v) is 11.3. The minimum absolute atomic E-state index is 0.0688. The average Bonchev–Trinajstić information content (AvgIpc) is 3.04. The molecule has 0 spiro atoms. The van der Waals surface area contributed by atoms with Gasteiger partial charge in [-0.3, -0.25) is 9.88 Å². The first-order valence-corrected chi connectivity index (χ1v) is 14.7. The summed E-state index contributed by atoms with van der Waals surface area (Å²) >= 11 is 0. The standard InChI is InChI=1S/C36H34N2O6/c1-38-14-12-23-18-30(41-3)32-20-26(23)28(38)16-22-7-10-29(40-2)31(17-22)43-25-8-5-21(6-9-25)15-27-34-24(11-13-37-27)19-33(42-4)35(39)36(34)44-32/h5-11,13,17-20,28,39H,12,14-16H2,1-4H3. The van der Waals surface area contributed by atoms with Gasteiger partial charge in [0.15, 0.2) is 34.5 Å². The summed E-state index contributed by atoms with van der Waals surface area (Å²) < 4.78 is 30.1. The van der Waals surface area contributed by atoms with E-state index in [2.05, 4.69) is 36.2 Å². The van der Waals surface area contributed by atoms with Gasteiger partial charge < -0.3 is 28.8 Å². The monoisotopic (exact) mass is 590 g/mol. The van der Waals surface area contributed by atoms with E-state index in [9.17, 15) is 5.11 Å². The van der Waals surface area contributed by atoms with Crippen molar-refractivity contribution in [3.8, 4) is 46.0 Å². The molecular formula is C36H34N2O6. The van der Waals surface area contributed by atoms with Crippen LogP contribution in [-0.2, 0) is 19.3 Å². The van der Waals surface area contributed by atoms with Crippen molar-refractivity contribution in [1.82, 2.24) is 9.88 Å². The van der Waals surface area contributed by atoms with Crippen molar-refractivity contribution in [2.24, 2.45) is 0 Å². The molecule has 0 fully saturated rings. The molecule has 0 aliphatic carbocycles. The van der Waals surface area contributed by atoms with Crippen LogP contribution in [0.4, 0.5) is 0 Å². The van der Waals surface area contributed by atoms with E-state index in [1.165, 1.54) is 12.7 Å². The molecule has 1 aromatic heterocycles. The Kier molecular flexibility index (Phi) is 7.14. The Balaban J connectivity index is 1.47. The van der Waals surface area contributed by atoms with E-state index in [0.717, 1.165) is 47.2 Å². The molecule has 0 saturated carbocycles. The van der Waals surface area contributed by atoms with Gasteiger partial charge in [0.1, 0.15) is 5.75 Å². The average molecular weight is 591 g/mol. The van der Waals surface area contributed by atoms with E-state index in [0.29, 0.717) is 46.3 Å². The van der Waals surface area contributed by atoms with Crippen LogP contribution in [0.2, 0.25) is 0 Å². The molecule has 1 N–H and O–H groups in total. The quantitative estimate of drug-likeness (QED) is 0.236. The van der Waals surface area contributed by atoms with Crippen LogP contribution in [-0.4, -0.2) is 49.9 Å². The number of rotatable bonds is 3. The highest BCUT2D eigenvalue weighted by Gasteiger charge is 2.29. The number of benzene rings is 4. The molecule has 44 heavy (non-hydrogen) atoms. The molecule has 0 saturated heterocycles. The summed E-state index contributed by atoms with van der Waals surface area (Å²) in [5, 5.41) is 13.0. The Hall–Kier alpha value is -4.95. The maximum atomic E-state index is 11.5. The van der Waals surface area contributed by atoms with E-state index >= 15 is 0 Å². The molecule has 1 unspecified atom stereocenters. The highest BCUT2D eigenvalue weighted by molar-refractivity contribution is 5.95. The SMILES string of the molecule is COc1ccc2cc1Oc1ccc(cc1)Cc1nccc3cc(OC)c(O)c(c13)Oc1cc3c(cc1OC)CCN(C)C3C2. The summed E-state index contributed by atoms with van der Waals surface area (Å²) in [6.07, 6.45) is 3.90. The highest BCUT2D eigenvalue weighted by Crippen LogP contribution is 2.49. The van der Waals surface area contributed by atoms with Crippen molar-refractivity contribution >= 4 is 10.8 Å². The van der Waals surface area contributed by atoms with E-state index < -0.39 is 0 Å². The number of hydrogen-bond acceptors (Lipinski definition) is 8. The topological polar surface area (TPSA) is 82.5 Å². The minimum Gasteiger partial charge on any atom is -0.502 e. The molecule has 4 heterocycles. The van der Waals surface area contributed by atoms with Crippen LogP contribution in [0.15, 0.2) is 72.9 Å². The van der Waals surface area contributed by atoms with Crippen molar-refractivity contribution < 1.29 is 28.8 Å². The molecule has 6 bridgehead atoms. The first-order chi connectivity index (χ1) is 21.4. The number of aromatic nitrogens is 1. The lowest BCUT2D eigenvalue weighted by atomic mass is 9.88. The van der Waals surface area contributed by atoms with Gasteiger partial charge in [0.2, 0.25) is 5.75 Å². The predicted molar refractivity (Wildman–Crippen MR) is 168 cm³/mol. The van der Waals surface area contributed by atoms with Crippen molar-refractivity contribution in [2.45, 2.75) is 25.3 Å². The molecular weight excluding hydrogens is 556 g/mol. The molecule has 8 heteroatoms. The Morgan fingerprint density at radius 2 is 1.57 bits per heavy atom. The summed E-state index contributed by atoms with van der Waals surface area (Å²) in [5.41, 5.74) is 5.26. The number of phenolic OH excluding ortho intramolecular Hbond substituents is 1. The van der Waals surface area contributed by atoms with Gasteiger partial charge in [-0.1, -0.05) is 18.2 Å². The maximum Gasteiger partial charge on any atom is 0.202 e. The van der Waals surface area contributed by atoms with E-state index in [1.54, 1.807) is 20.4 Å². The Bertz CT molecular complexity index is 1870. The number of hydrogen-bond donors (Lipinski definition) is 1. The third kappa shape index (κ3) is 4.91. The Morgan fingerprint density at radius 3 is 2.34 bits per heavy atom. The molecule has 0 radical (unpaired) electrons. The fraction of sp³-hybridized carbons (Fsp3) is 0.250. The zero-order valence-electron chi connectivity index (χ0n) is 25.2. The second kappa shape index (κ2) is 11.3. The first kappa shape index (κ1) is 27.9. The minimum atomic E-state index is -0.0911. The number of fused-ring (bicyclic) bond motifs is 2. The molecule has 3 aliphatic rings. The fourth-order valence-electron chi connectivity index (χ4n) is 6.33. The van der Waals surface area contributed by atoms with Crippen LogP contribution in [0.1, 0.15) is 34.0 Å². The smallest absolute Gasteiger partial charge is 0.202 e. The number of pyridine rings is 1. The third-order valence-electron chi connectivity index (χ3n) is 8.69. The predicted octanol–water partition coefficient (Wildman–Crippen LogP) is 7.23. The van der Waals surface area contributed by atoms with Crippen molar-refractivity contribution in [3.63, 3.8) is 0 Å². The summed E-state index contributed by atoms with van der Waals surface area (Å²) in [6.45, 7) is 0.906. The molecule has 0 amide bonds. The Morgan fingerprint density at radius 1 is 0.818 bits per heavy atom. The van der Waals surface area contributed by atoms with Crippen LogP contribution in [0, 0.1) is 0 Å². The zero-order chi connectivity index (χ0) is 30.4. The molecule has 8 rings (SSSR count). The van der Waals surface area contributed by atoms with Gasteiger partial charge in [-0.05, 0) is 96.1 Å². The number of nitrogens with zero attached hydrogens (tertiary/aromatic N) is 2. The molecule has 1 atom stereocenters.